The van der Waals surface area contributed by atoms with Gasteiger partial charge < -0.3 is 20.3 Å². The number of ether oxygens (including phenoxy) is 1. The normalized spacial score (nSPS) is 23.5. The van der Waals surface area contributed by atoms with Crippen LogP contribution in [0.15, 0.2) is 6.07 Å². The second-order valence-corrected chi connectivity index (χ2v) is 6.26. The number of carbonyl (C=O) groups excluding carboxylic acids is 1. The number of anilines is 2. The quantitative estimate of drug-likeness (QED) is 0.896. The van der Waals surface area contributed by atoms with Gasteiger partial charge in [-0.1, -0.05) is 0 Å². The van der Waals surface area contributed by atoms with E-state index in [-0.39, 0.29) is 18.1 Å². The van der Waals surface area contributed by atoms with Crippen LogP contribution in [-0.4, -0.2) is 50.2 Å². The van der Waals surface area contributed by atoms with Gasteiger partial charge in [0.1, 0.15) is 4.88 Å². The minimum Gasteiger partial charge on any atom is -0.397 e. The van der Waals surface area contributed by atoms with E-state index in [1.54, 1.807) is 19.0 Å². The Hall–Kier alpha value is -1.27. The molecule has 106 valence electrons. The summed E-state index contributed by atoms with van der Waals surface area (Å²) < 4.78 is 5.72. The summed E-state index contributed by atoms with van der Waals surface area (Å²) in [5, 5.41) is 1.05. The van der Waals surface area contributed by atoms with Gasteiger partial charge in [-0.05, 0) is 19.9 Å². The topological polar surface area (TPSA) is 58.8 Å². The Labute approximate surface area is 117 Å². The van der Waals surface area contributed by atoms with E-state index in [9.17, 15) is 4.79 Å². The van der Waals surface area contributed by atoms with Gasteiger partial charge in [0, 0.05) is 27.2 Å². The fourth-order valence-electron chi connectivity index (χ4n) is 2.28. The molecule has 1 aliphatic rings. The SMILES string of the molecule is C[C@@H]1CN(c2cc(N)c(C(=O)N(C)C)s2)C[C@H](C)O1. The minimum atomic E-state index is -0.0388. The monoisotopic (exact) mass is 283 g/mol. The molecule has 2 heterocycles. The number of hydrogen-bond donors (Lipinski definition) is 1. The number of hydrogen-bond acceptors (Lipinski definition) is 5. The molecule has 1 aromatic heterocycles. The van der Waals surface area contributed by atoms with Crippen molar-refractivity contribution < 1.29 is 9.53 Å². The maximum absolute atomic E-state index is 12.0. The van der Waals surface area contributed by atoms with Crippen LogP contribution in [0.2, 0.25) is 0 Å². The highest BCUT2D eigenvalue weighted by molar-refractivity contribution is 7.18. The summed E-state index contributed by atoms with van der Waals surface area (Å²) in [4.78, 5) is 16.4. The molecule has 0 aliphatic carbocycles. The fraction of sp³-hybridized carbons (Fsp3) is 0.615. The molecule has 1 aliphatic heterocycles. The van der Waals surface area contributed by atoms with Gasteiger partial charge in [0.2, 0.25) is 0 Å². The number of morpholine rings is 1. The summed E-state index contributed by atoms with van der Waals surface area (Å²) in [7, 11) is 3.47. The second kappa shape index (κ2) is 5.38. The van der Waals surface area contributed by atoms with E-state index in [0.717, 1.165) is 18.1 Å². The molecule has 2 N–H and O–H groups in total. The fourth-order valence-corrected chi connectivity index (χ4v) is 3.40. The van der Waals surface area contributed by atoms with Crippen molar-refractivity contribution in [2.45, 2.75) is 26.1 Å². The first-order valence-electron chi connectivity index (χ1n) is 6.40. The van der Waals surface area contributed by atoms with E-state index in [1.165, 1.54) is 11.3 Å². The predicted molar refractivity (Wildman–Crippen MR) is 79.0 cm³/mol. The summed E-state index contributed by atoms with van der Waals surface area (Å²) >= 11 is 1.46. The van der Waals surface area contributed by atoms with E-state index in [2.05, 4.69) is 18.7 Å². The molecule has 1 saturated heterocycles. The van der Waals surface area contributed by atoms with Gasteiger partial charge in [0.15, 0.2) is 0 Å². The maximum Gasteiger partial charge on any atom is 0.265 e. The van der Waals surface area contributed by atoms with E-state index in [0.29, 0.717) is 10.6 Å². The zero-order chi connectivity index (χ0) is 14.2. The zero-order valence-electron chi connectivity index (χ0n) is 11.8. The Morgan fingerprint density at radius 1 is 1.42 bits per heavy atom. The van der Waals surface area contributed by atoms with Crippen molar-refractivity contribution in [1.29, 1.82) is 0 Å². The van der Waals surface area contributed by atoms with Gasteiger partial charge in [-0.2, -0.15) is 0 Å². The molecule has 0 aromatic carbocycles. The van der Waals surface area contributed by atoms with Gasteiger partial charge >= 0.3 is 0 Å². The lowest BCUT2D eigenvalue weighted by atomic mass is 10.2. The molecule has 2 atom stereocenters. The molecule has 0 unspecified atom stereocenters. The maximum atomic E-state index is 12.0. The Kier molecular flexibility index (Phi) is 4.01. The molecule has 0 spiro atoms. The molecule has 19 heavy (non-hydrogen) atoms. The van der Waals surface area contributed by atoms with Crippen LogP contribution < -0.4 is 10.6 Å². The third-order valence-corrected chi connectivity index (χ3v) is 4.28. The summed E-state index contributed by atoms with van der Waals surface area (Å²) in [5.41, 5.74) is 6.52. The highest BCUT2D eigenvalue weighted by Gasteiger charge is 2.25. The van der Waals surface area contributed by atoms with Crippen molar-refractivity contribution in [2.24, 2.45) is 0 Å². The van der Waals surface area contributed by atoms with Crippen LogP contribution in [0.4, 0.5) is 10.7 Å². The molecule has 1 amide bonds. The summed E-state index contributed by atoms with van der Waals surface area (Å²) in [6.45, 7) is 5.79. The summed E-state index contributed by atoms with van der Waals surface area (Å²) in [6, 6.07) is 1.90. The first-order valence-corrected chi connectivity index (χ1v) is 7.21. The third kappa shape index (κ3) is 3.01. The number of rotatable bonds is 2. The molecule has 1 aromatic rings. The van der Waals surface area contributed by atoms with Crippen molar-refractivity contribution in [3.8, 4) is 0 Å². The van der Waals surface area contributed by atoms with Crippen LogP contribution in [0.5, 0.6) is 0 Å². The van der Waals surface area contributed by atoms with E-state index in [4.69, 9.17) is 10.5 Å². The lowest BCUT2D eigenvalue weighted by Crippen LogP contribution is -2.45. The average Bonchev–Trinajstić information content (AvgIpc) is 2.69. The summed E-state index contributed by atoms with van der Waals surface area (Å²) in [5.74, 6) is -0.0388. The van der Waals surface area contributed by atoms with Crippen LogP contribution in [0.1, 0.15) is 23.5 Å². The smallest absolute Gasteiger partial charge is 0.265 e. The first kappa shape index (κ1) is 14.1. The highest BCUT2D eigenvalue weighted by atomic mass is 32.1. The number of nitrogen functional groups attached to an aromatic ring is 1. The Morgan fingerprint density at radius 2 is 2.00 bits per heavy atom. The second-order valence-electron chi connectivity index (χ2n) is 5.23. The highest BCUT2D eigenvalue weighted by Crippen LogP contribution is 2.34. The third-order valence-electron chi connectivity index (χ3n) is 3.08. The molecular weight excluding hydrogens is 262 g/mol. The first-order chi connectivity index (χ1) is 8.88. The van der Waals surface area contributed by atoms with Crippen molar-refractivity contribution >= 4 is 27.9 Å². The van der Waals surface area contributed by atoms with Crippen LogP contribution >= 0.6 is 11.3 Å². The molecule has 6 heteroatoms. The number of nitrogens with zero attached hydrogens (tertiary/aromatic N) is 2. The van der Waals surface area contributed by atoms with Gasteiger partial charge in [0.05, 0.1) is 22.9 Å². The van der Waals surface area contributed by atoms with Crippen molar-refractivity contribution in [2.75, 3.05) is 37.8 Å². The molecule has 1 fully saturated rings. The Balaban J connectivity index is 2.22. The molecule has 2 rings (SSSR count). The van der Waals surface area contributed by atoms with Crippen LogP contribution in [0, 0.1) is 0 Å². The van der Waals surface area contributed by atoms with E-state index < -0.39 is 0 Å². The van der Waals surface area contributed by atoms with Gasteiger partial charge in [0.25, 0.3) is 5.91 Å². The van der Waals surface area contributed by atoms with E-state index in [1.807, 2.05) is 6.07 Å². The Morgan fingerprint density at radius 3 is 2.53 bits per heavy atom. The van der Waals surface area contributed by atoms with Crippen LogP contribution in [0.3, 0.4) is 0 Å². The zero-order valence-corrected chi connectivity index (χ0v) is 12.7. The lowest BCUT2D eigenvalue weighted by molar-refractivity contribution is -0.00500. The van der Waals surface area contributed by atoms with Crippen molar-refractivity contribution in [1.82, 2.24) is 4.90 Å². The van der Waals surface area contributed by atoms with Crippen LogP contribution in [-0.2, 0) is 4.74 Å². The molecule has 0 saturated carbocycles. The molecule has 5 nitrogen and oxygen atoms in total. The lowest BCUT2D eigenvalue weighted by Gasteiger charge is -2.35. The molecule has 0 bridgehead atoms. The van der Waals surface area contributed by atoms with Gasteiger partial charge in [-0.25, -0.2) is 0 Å². The van der Waals surface area contributed by atoms with Gasteiger partial charge in [-0.3, -0.25) is 4.79 Å². The van der Waals surface area contributed by atoms with Crippen LogP contribution in [0.25, 0.3) is 0 Å². The molecular formula is C13H21N3O2S. The predicted octanol–water partition coefficient (Wildman–Crippen LogP) is 1.65. The Bertz CT molecular complexity index is 462. The number of thiophene rings is 1. The molecule has 0 radical (unpaired) electrons. The van der Waals surface area contributed by atoms with Crippen molar-refractivity contribution in [3.63, 3.8) is 0 Å². The number of nitrogens with two attached hydrogens (primary N) is 1. The minimum absolute atomic E-state index is 0.0388. The number of carbonyl (C=O) groups is 1. The number of amides is 1. The van der Waals surface area contributed by atoms with Crippen molar-refractivity contribution in [3.05, 3.63) is 10.9 Å². The van der Waals surface area contributed by atoms with Gasteiger partial charge in [-0.15, -0.1) is 11.3 Å². The average molecular weight is 283 g/mol. The summed E-state index contributed by atoms with van der Waals surface area (Å²) in [6.07, 6.45) is 0.389. The van der Waals surface area contributed by atoms with E-state index >= 15 is 0 Å². The standard InChI is InChI=1S/C13H21N3O2S/c1-8-6-16(7-9(2)18-8)11-5-10(14)12(19-11)13(17)15(3)4/h5,8-9H,6-7,14H2,1-4H3/t8-,9+. The largest absolute Gasteiger partial charge is 0.397 e.